The molecular weight excluding hydrogens is 314 g/mol. The highest BCUT2D eigenvalue weighted by Gasteiger charge is 2.33. The van der Waals surface area contributed by atoms with Crippen molar-refractivity contribution >= 4 is 23.7 Å². The maximum absolute atomic E-state index is 12.5. The summed E-state index contributed by atoms with van der Waals surface area (Å²) in [6, 6.07) is -1.65. The van der Waals surface area contributed by atoms with Gasteiger partial charge in [0.25, 0.3) is 0 Å². The van der Waals surface area contributed by atoms with E-state index in [1.165, 1.54) is 14.0 Å². The van der Waals surface area contributed by atoms with Gasteiger partial charge in [0.1, 0.15) is 12.1 Å². The van der Waals surface area contributed by atoms with E-state index < -0.39 is 24.0 Å². The fourth-order valence-corrected chi connectivity index (χ4v) is 2.73. The lowest BCUT2D eigenvalue weighted by Gasteiger charge is -2.24. The Balaban J connectivity index is 2.78. The minimum atomic E-state index is -0.917. The molecule has 1 saturated heterocycles. The minimum absolute atomic E-state index is 0.126. The third-order valence-corrected chi connectivity index (χ3v) is 3.89. The van der Waals surface area contributed by atoms with Crippen LogP contribution in [0.1, 0.15) is 40.0 Å². The summed E-state index contributed by atoms with van der Waals surface area (Å²) in [6.45, 7) is 5.76. The third-order valence-electron chi connectivity index (χ3n) is 3.89. The van der Waals surface area contributed by atoms with Gasteiger partial charge in [0, 0.05) is 19.4 Å². The molecule has 1 fully saturated rings. The van der Waals surface area contributed by atoms with Crippen LogP contribution in [0, 0.1) is 11.8 Å². The number of hydrogen-bond acceptors (Lipinski definition) is 5. The van der Waals surface area contributed by atoms with Gasteiger partial charge in [-0.1, -0.05) is 13.8 Å². The van der Waals surface area contributed by atoms with Gasteiger partial charge in [0.05, 0.1) is 7.11 Å². The van der Waals surface area contributed by atoms with Gasteiger partial charge >= 0.3 is 5.97 Å². The van der Waals surface area contributed by atoms with Crippen LogP contribution in [0.5, 0.6) is 0 Å². The SMILES string of the molecule is COC(=O)[C@H](C[C@@H]1CCNC1=O)NC(=O)[C@H](CC(C)C)NC(C)=O. The average Bonchev–Trinajstić information content (AvgIpc) is 2.89. The Morgan fingerprint density at radius 2 is 1.92 bits per heavy atom. The Bertz CT molecular complexity index is 492. The molecule has 0 radical (unpaired) electrons. The molecule has 3 amide bonds. The van der Waals surface area contributed by atoms with Crippen molar-refractivity contribution in [3.8, 4) is 0 Å². The standard InChI is InChI=1S/C16H27N3O5/c1-9(2)7-12(18-10(3)20)15(22)19-13(16(23)24-4)8-11-5-6-17-14(11)21/h9,11-13H,5-8H2,1-4H3,(H,17,21)(H,18,20)(H,19,22)/t11-,12-,13-/m0/s1. The fraction of sp³-hybridized carbons (Fsp3) is 0.750. The Labute approximate surface area is 142 Å². The highest BCUT2D eigenvalue weighted by Crippen LogP contribution is 2.17. The van der Waals surface area contributed by atoms with Gasteiger partial charge in [-0.3, -0.25) is 14.4 Å². The molecule has 3 N–H and O–H groups in total. The van der Waals surface area contributed by atoms with Crippen LogP contribution < -0.4 is 16.0 Å². The molecule has 0 aromatic carbocycles. The molecule has 3 atom stereocenters. The van der Waals surface area contributed by atoms with Crippen molar-refractivity contribution in [1.82, 2.24) is 16.0 Å². The molecule has 8 nitrogen and oxygen atoms in total. The summed E-state index contributed by atoms with van der Waals surface area (Å²) in [5.74, 6) is -1.65. The number of amides is 3. The lowest BCUT2D eigenvalue weighted by atomic mass is 9.97. The molecule has 8 heteroatoms. The summed E-state index contributed by atoms with van der Waals surface area (Å²) in [6.07, 6.45) is 1.24. The molecule has 1 aliphatic rings. The van der Waals surface area contributed by atoms with Crippen molar-refractivity contribution in [3.63, 3.8) is 0 Å². The second-order valence-corrected chi connectivity index (χ2v) is 6.48. The Morgan fingerprint density at radius 1 is 1.25 bits per heavy atom. The molecule has 0 saturated carbocycles. The van der Waals surface area contributed by atoms with Crippen molar-refractivity contribution in [2.24, 2.45) is 11.8 Å². The van der Waals surface area contributed by atoms with Gasteiger partial charge in [0.2, 0.25) is 17.7 Å². The van der Waals surface area contributed by atoms with Crippen molar-refractivity contribution < 1.29 is 23.9 Å². The van der Waals surface area contributed by atoms with Crippen LogP contribution in [0.4, 0.5) is 0 Å². The number of carbonyl (C=O) groups is 4. The molecule has 0 unspecified atom stereocenters. The first-order valence-corrected chi connectivity index (χ1v) is 8.17. The van der Waals surface area contributed by atoms with Gasteiger partial charge in [0.15, 0.2) is 0 Å². The predicted molar refractivity (Wildman–Crippen MR) is 86.7 cm³/mol. The fourth-order valence-electron chi connectivity index (χ4n) is 2.73. The summed E-state index contributed by atoms with van der Waals surface area (Å²) >= 11 is 0. The number of carbonyl (C=O) groups excluding carboxylic acids is 4. The lowest BCUT2D eigenvalue weighted by molar-refractivity contribution is -0.146. The second-order valence-electron chi connectivity index (χ2n) is 6.48. The molecule has 0 bridgehead atoms. The number of methoxy groups -OCH3 is 1. The molecule has 0 aliphatic carbocycles. The van der Waals surface area contributed by atoms with Crippen LogP contribution in [-0.4, -0.2) is 49.4 Å². The third kappa shape index (κ3) is 6.17. The van der Waals surface area contributed by atoms with E-state index in [0.29, 0.717) is 19.4 Å². The Morgan fingerprint density at radius 3 is 2.38 bits per heavy atom. The minimum Gasteiger partial charge on any atom is -0.467 e. The summed E-state index contributed by atoms with van der Waals surface area (Å²) in [5.41, 5.74) is 0. The molecule has 136 valence electrons. The molecule has 0 aromatic rings. The zero-order valence-electron chi connectivity index (χ0n) is 14.7. The first-order chi connectivity index (χ1) is 11.2. The van der Waals surface area contributed by atoms with Crippen molar-refractivity contribution in [2.75, 3.05) is 13.7 Å². The van der Waals surface area contributed by atoms with E-state index in [1.54, 1.807) is 0 Å². The van der Waals surface area contributed by atoms with E-state index in [4.69, 9.17) is 4.74 Å². The first kappa shape index (κ1) is 19.9. The second kappa shape index (κ2) is 9.24. The molecule has 0 spiro atoms. The topological polar surface area (TPSA) is 114 Å². The lowest BCUT2D eigenvalue weighted by Crippen LogP contribution is -2.52. The van der Waals surface area contributed by atoms with Gasteiger partial charge in [-0.05, 0) is 25.2 Å². The van der Waals surface area contributed by atoms with Crippen LogP contribution in [0.2, 0.25) is 0 Å². The molecule has 24 heavy (non-hydrogen) atoms. The normalized spacial score (nSPS) is 19.4. The highest BCUT2D eigenvalue weighted by molar-refractivity contribution is 5.90. The van der Waals surface area contributed by atoms with Gasteiger partial charge in [-0.2, -0.15) is 0 Å². The van der Waals surface area contributed by atoms with E-state index in [2.05, 4.69) is 16.0 Å². The van der Waals surface area contributed by atoms with E-state index in [-0.39, 0.29) is 30.1 Å². The highest BCUT2D eigenvalue weighted by atomic mass is 16.5. The summed E-state index contributed by atoms with van der Waals surface area (Å²) in [4.78, 5) is 47.4. The van der Waals surface area contributed by atoms with Crippen LogP contribution in [-0.2, 0) is 23.9 Å². The number of hydrogen-bond donors (Lipinski definition) is 3. The Hall–Kier alpha value is -2.12. The number of nitrogens with one attached hydrogen (secondary N) is 3. The number of rotatable bonds is 8. The van der Waals surface area contributed by atoms with Crippen molar-refractivity contribution in [2.45, 2.75) is 52.1 Å². The average molecular weight is 341 g/mol. The van der Waals surface area contributed by atoms with Crippen LogP contribution in [0.25, 0.3) is 0 Å². The van der Waals surface area contributed by atoms with Crippen molar-refractivity contribution in [3.05, 3.63) is 0 Å². The van der Waals surface area contributed by atoms with E-state index in [9.17, 15) is 19.2 Å². The first-order valence-electron chi connectivity index (χ1n) is 8.17. The molecule has 1 rings (SSSR count). The van der Waals surface area contributed by atoms with Crippen molar-refractivity contribution in [1.29, 1.82) is 0 Å². The zero-order valence-corrected chi connectivity index (χ0v) is 14.7. The Kier molecular flexibility index (Phi) is 7.67. The van der Waals surface area contributed by atoms with E-state index >= 15 is 0 Å². The number of esters is 1. The molecule has 0 aromatic heterocycles. The van der Waals surface area contributed by atoms with E-state index in [0.717, 1.165) is 0 Å². The molecule has 1 aliphatic heterocycles. The smallest absolute Gasteiger partial charge is 0.328 e. The summed E-state index contributed by atoms with van der Waals surface area (Å²) in [5, 5.41) is 7.91. The maximum atomic E-state index is 12.5. The predicted octanol–water partition coefficient (Wildman–Crippen LogP) is -0.279. The number of ether oxygens (including phenoxy) is 1. The summed E-state index contributed by atoms with van der Waals surface area (Å²) in [7, 11) is 1.23. The van der Waals surface area contributed by atoms with E-state index in [1.807, 2.05) is 13.8 Å². The van der Waals surface area contributed by atoms with Crippen LogP contribution in [0.3, 0.4) is 0 Å². The van der Waals surface area contributed by atoms with Gasteiger partial charge in [-0.25, -0.2) is 4.79 Å². The van der Waals surface area contributed by atoms with Gasteiger partial charge < -0.3 is 20.7 Å². The summed E-state index contributed by atoms with van der Waals surface area (Å²) < 4.78 is 4.73. The largest absolute Gasteiger partial charge is 0.467 e. The van der Waals surface area contributed by atoms with Crippen LogP contribution >= 0.6 is 0 Å². The van der Waals surface area contributed by atoms with Gasteiger partial charge in [-0.15, -0.1) is 0 Å². The molecule has 1 heterocycles. The quantitative estimate of drug-likeness (QED) is 0.526. The zero-order chi connectivity index (χ0) is 18.3. The maximum Gasteiger partial charge on any atom is 0.328 e. The molecular formula is C16H27N3O5. The van der Waals surface area contributed by atoms with Crippen LogP contribution in [0.15, 0.2) is 0 Å². The monoisotopic (exact) mass is 341 g/mol.